The summed E-state index contributed by atoms with van der Waals surface area (Å²) in [6, 6.07) is 6.18. The van der Waals surface area contributed by atoms with Crippen molar-refractivity contribution in [3.05, 3.63) is 35.4 Å². The second kappa shape index (κ2) is 38.0. The Morgan fingerprint density at radius 2 is 0.787 bits per heavy atom. The number of esters is 1. The number of hydrogen-bond donors (Lipinski definition) is 1. The van der Waals surface area contributed by atoms with Gasteiger partial charge in [-0.3, -0.25) is 0 Å². The van der Waals surface area contributed by atoms with Gasteiger partial charge in [-0.2, -0.15) is 0 Å². The molecule has 0 spiro atoms. The first-order chi connectivity index (χ1) is 23.1. The van der Waals surface area contributed by atoms with E-state index in [2.05, 4.69) is 13.8 Å². The standard InChI is InChI=1S/C26H42O4.C16H33.Na/c1-2-3-4-5-6-7-8-9-10-11-12-13-14-15-16-19-22-30-26(29)24-21-18-17-20-23(24)25(27)28;1-3-5-7-9-11-13-15-16-14-12-10-8-6-4-2;/h17-18,20-21H,2-16,19,22H2,1H3,(H,27,28);1,3-16H2,2H3;. The van der Waals surface area contributed by atoms with Crippen molar-refractivity contribution < 1.29 is 19.4 Å². The second-order valence-corrected chi connectivity index (χ2v) is 14.9. The van der Waals surface area contributed by atoms with Gasteiger partial charge in [-0.25, -0.2) is 9.59 Å². The summed E-state index contributed by atoms with van der Waals surface area (Å²) >= 11 is 1.41. The Morgan fingerprint density at radius 3 is 1.11 bits per heavy atom. The summed E-state index contributed by atoms with van der Waals surface area (Å²) in [5, 5.41) is 9.13. The molecular formula is C42H75NaO4. The van der Waals surface area contributed by atoms with Crippen LogP contribution < -0.4 is 0 Å². The van der Waals surface area contributed by atoms with Gasteiger partial charge in [0.2, 0.25) is 0 Å². The molecule has 0 saturated heterocycles. The van der Waals surface area contributed by atoms with Crippen LogP contribution in [0.5, 0.6) is 0 Å². The molecule has 0 heterocycles. The van der Waals surface area contributed by atoms with Crippen molar-refractivity contribution >= 4 is 39.9 Å². The minimum absolute atomic E-state index is 0.00512. The number of carbonyl (C=O) groups excluding carboxylic acids is 1. The van der Waals surface area contributed by atoms with Crippen molar-refractivity contribution in [2.75, 3.05) is 6.61 Å². The zero-order chi connectivity index (χ0) is 34.5. The number of carbonyl (C=O) groups is 2. The van der Waals surface area contributed by atoms with Crippen LogP contribution in [0.2, 0.25) is 3.67 Å². The molecule has 47 heavy (non-hydrogen) atoms. The van der Waals surface area contributed by atoms with E-state index < -0.39 is 11.9 Å². The molecule has 0 amide bonds. The van der Waals surface area contributed by atoms with Gasteiger partial charge in [0.25, 0.3) is 0 Å². The van der Waals surface area contributed by atoms with Gasteiger partial charge >= 0.3 is 114 Å². The molecule has 0 aliphatic rings. The summed E-state index contributed by atoms with van der Waals surface area (Å²) < 4.78 is 6.75. The molecule has 5 heteroatoms. The number of carboxylic acid groups (broad SMARTS) is 1. The fourth-order valence-corrected chi connectivity index (χ4v) is 6.68. The summed E-state index contributed by atoms with van der Waals surface area (Å²) in [6.07, 6.45) is 41.6. The van der Waals surface area contributed by atoms with Gasteiger partial charge in [-0.15, -0.1) is 0 Å². The van der Waals surface area contributed by atoms with Crippen LogP contribution in [-0.4, -0.2) is 51.6 Å². The molecule has 4 nitrogen and oxygen atoms in total. The SMILES string of the molecule is CCCCCCCCCCCCCCCCCCOC(=O)c1ccccc1C(=O)O.CCCCCCCCCCCCCCC[CH2][Na]. The third kappa shape index (κ3) is 32.1. The third-order valence-corrected chi connectivity index (χ3v) is 10.0. The summed E-state index contributed by atoms with van der Waals surface area (Å²) in [6.45, 7) is 4.91. The van der Waals surface area contributed by atoms with Gasteiger partial charge in [0.05, 0.1) is 17.7 Å². The molecule has 268 valence electrons. The average molecular weight is 667 g/mol. The number of carboxylic acids is 1. The van der Waals surface area contributed by atoms with Crippen molar-refractivity contribution in [3.8, 4) is 0 Å². The van der Waals surface area contributed by atoms with Crippen LogP contribution in [0.25, 0.3) is 0 Å². The van der Waals surface area contributed by atoms with Crippen molar-refractivity contribution in [3.63, 3.8) is 0 Å². The van der Waals surface area contributed by atoms with E-state index in [1.165, 1.54) is 224 Å². The van der Waals surface area contributed by atoms with Crippen LogP contribution in [0.1, 0.15) is 227 Å². The monoisotopic (exact) mass is 667 g/mol. The molecule has 0 aromatic heterocycles. The molecule has 0 aliphatic carbocycles. The molecule has 1 N–H and O–H groups in total. The fourth-order valence-electron chi connectivity index (χ4n) is 6.18. The number of hydrogen-bond acceptors (Lipinski definition) is 3. The molecule has 0 unspecified atom stereocenters. The molecule has 1 aromatic rings. The van der Waals surface area contributed by atoms with Gasteiger partial charge in [-0.1, -0.05) is 142 Å². The Kier molecular flexibility index (Phi) is 37.3. The fraction of sp³-hybridized carbons (Fsp3) is 0.810. The van der Waals surface area contributed by atoms with Gasteiger partial charge in [-0.05, 0) is 18.6 Å². The first kappa shape index (κ1) is 46.2. The van der Waals surface area contributed by atoms with E-state index in [0.717, 1.165) is 12.8 Å². The summed E-state index contributed by atoms with van der Waals surface area (Å²) in [5.74, 6) is -1.65. The van der Waals surface area contributed by atoms with Crippen LogP contribution in [-0.2, 0) is 4.74 Å². The zero-order valence-electron chi connectivity index (χ0n) is 31.6. The quantitative estimate of drug-likeness (QED) is 0.0461. The number of aromatic carboxylic acids is 1. The van der Waals surface area contributed by atoms with Crippen molar-refractivity contribution in [1.82, 2.24) is 0 Å². The Morgan fingerprint density at radius 1 is 0.489 bits per heavy atom. The Hall–Kier alpha value is -0.840. The summed E-state index contributed by atoms with van der Waals surface area (Å²) in [4.78, 5) is 23.2. The molecule has 0 radical (unpaired) electrons. The molecule has 0 bridgehead atoms. The van der Waals surface area contributed by atoms with Crippen molar-refractivity contribution in [2.24, 2.45) is 0 Å². The predicted molar refractivity (Wildman–Crippen MR) is 204 cm³/mol. The van der Waals surface area contributed by atoms with Gasteiger partial charge in [0, 0.05) is 0 Å². The molecule has 1 rings (SSSR count). The van der Waals surface area contributed by atoms with E-state index in [-0.39, 0.29) is 11.1 Å². The Bertz CT molecular complexity index is 798. The third-order valence-electron chi connectivity index (χ3n) is 9.32. The summed E-state index contributed by atoms with van der Waals surface area (Å²) in [5.41, 5.74) is 0.121. The molecule has 0 saturated carbocycles. The molecular weight excluding hydrogens is 591 g/mol. The molecule has 0 fully saturated rings. The topological polar surface area (TPSA) is 63.6 Å². The van der Waals surface area contributed by atoms with Crippen molar-refractivity contribution in [1.29, 1.82) is 0 Å². The van der Waals surface area contributed by atoms with E-state index in [9.17, 15) is 9.59 Å². The summed E-state index contributed by atoms with van der Waals surface area (Å²) in [7, 11) is 0. The van der Waals surface area contributed by atoms with E-state index >= 15 is 0 Å². The van der Waals surface area contributed by atoms with E-state index in [0.29, 0.717) is 6.61 Å². The van der Waals surface area contributed by atoms with Crippen LogP contribution in [0.3, 0.4) is 0 Å². The number of benzene rings is 1. The van der Waals surface area contributed by atoms with Gasteiger partial charge in [0.1, 0.15) is 0 Å². The molecule has 1 aromatic carbocycles. The molecule has 0 aliphatic heterocycles. The normalized spacial score (nSPS) is 10.9. The van der Waals surface area contributed by atoms with Crippen LogP contribution in [0, 0.1) is 0 Å². The first-order valence-electron chi connectivity index (χ1n) is 20.6. The van der Waals surface area contributed by atoms with E-state index in [4.69, 9.17) is 9.84 Å². The van der Waals surface area contributed by atoms with Crippen LogP contribution in [0.4, 0.5) is 0 Å². The van der Waals surface area contributed by atoms with Crippen LogP contribution >= 0.6 is 0 Å². The van der Waals surface area contributed by atoms with E-state index in [1.54, 1.807) is 12.1 Å². The average Bonchev–Trinajstić information content (AvgIpc) is 3.08. The number of unbranched alkanes of at least 4 members (excludes halogenated alkanes) is 28. The first-order valence-corrected chi connectivity index (χ1v) is 22.0. The van der Waals surface area contributed by atoms with Gasteiger partial charge < -0.3 is 9.84 Å². The van der Waals surface area contributed by atoms with Gasteiger partial charge in [0.15, 0.2) is 0 Å². The van der Waals surface area contributed by atoms with Crippen molar-refractivity contribution in [2.45, 2.75) is 210 Å². The van der Waals surface area contributed by atoms with Crippen LogP contribution in [0.15, 0.2) is 24.3 Å². The van der Waals surface area contributed by atoms with E-state index in [1.807, 2.05) is 0 Å². The maximum absolute atomic E-state index is 12.0. The minimum atomic E-state index is -1.11. The predicted octanol–water partition coefficient (Wildman–Crippen LogP) is 13.9. The zero-order valence-corrected chi connectivity index (χ0v) is 33.6. The molecule has 0 atom stereocenters. The number of ether oxygens (including phenoxy) is 1. The Labute approximate surface area is 309 Å². The Balaban J connectivity index is 0.00000106. The second-order valence-electron chi connectivity index (χ2n) is 13.9. The number of rotatable bonds is 33. The maximum atomic E-state index is 12.0.